The van der Waals surface area contributed by atoms with E-state index in [0.717, 1.165) is 11.3 Å². The molecule has 26 heavy (non-hydrogen) atoms. The number of nitrogens with zero attached hydrogens (tertiary/aromatic N) is 4. The largest absolute Gasteiger partial charge is 0.287 e. The third-order valence-corrected chi connectivity index (χ3v) is 3.95. The molecule has 2 aromatic carbocycles. The van der Waals surface area contributed by atoms with Gasteiger partial charge in [-0.25, -0.2) is 4.68 Å². The van der Waals surface area contributed by atoms with Gasteiger partial charge in [-0.1, -0.05) is 35.0 Å². The Balaban J connectivity index is 1.88. The van der Waals surface area contributed by atoms with Crippen LogP contribution in [0.25, 0.3) is 11.8 Å². The molecule has 0 aliphatic rings. The van der Waals surface area contributed by atoms with Gasteiger partial charge in [-0.15, -0.1) is 5.10 Å². The normalized spacial score (nSPS) is 11.0. The van der Waals surface area contributed by atoms with Crippen LogP contribution in [0.4, 0.5) is 5.69 Å². The van der Waals surface area contributed by atoms with Gasteiger partial charge in [0, 0.05) is 6.07 Å². The Labute approximate surface area is 149 Å². The molecule has 0 spiro atoms. The van der Waals surface area contributed by atoms with E-state index in [9.17, 15) is 14.9 Å². The molecule has 0 saturated heterocycles. The maximum Gasteiger partial charge on any atom is 0.276 e. The first-order valence-electron chi connectivity index (χ1n) is 7.92. The summed E-state index contributed by atoms with van der Waals surface area (Å²) in [6, 6.07) is 13.9. The lowest BCUT2D eigenvalue weighted by Gasteiger charge is -2.03. The van der Waals surface area contributed by atoms with E-state index >= 15 is 0 Å². The van der Waals surface area contributed by atoms with E-state index in [1.165, 1.54) is 18.2 Å². The first-order chi connectivity index (χ1) is 12.5. The van der Waals surface area contributed by atoms with Crippen LogP contribution in [0.2, 0.25) is 0 Å². The standard InChI is InChI=1S/C19H16N4O3/c1-13-7-10-16(11-8-13)22-14(2)19(20-21-22)18(24)12-9-15-5-3-4-6-17(15)23(25)26/h3-12H,1-2H3. The zero-order chi connectivity index (χ0) is 18.7. The number of carbonyl (C=O) groups excluding carboxylic acids is 1. The predicted molar refractivity (Wildman–Crippen MR) is 97.3 cm³/mol. The summed E-state index contributed by atoms with van der Waals surface area (Å²) >= 11 is 0. The van der Waals surface area contributed by atoms with Gasteiger partial charge in [-0.2, -0.15) is 0 Å². The fourth-order valence-corrected chi connectivity index (χ4v) is 2.53. The molecule has 7 heteroatoms. The van der Waals surface area contributed by atoms with E-state index in [-0.39, 0.29) is 17.2 Å². The molecule has 0 amide bonds. The maximum atomic E-state index is 12.4. The fraction of sp³-hybridized carbons (Fsp3) is 0.105. The van der Waals surface area contributed by atoms with Crippen LogP contribution >= 0.6 is 0 Å². The van der Waals surface area contributed by atoms with Crippen molar-refractivity contribution in [3.05, 3.63) is 87.2 Å². The van der Waals surface area contributed by atoms with Crippen LogP contribution in [0, 0.1) is 24.0 Å². The van der Waals surface area contributed by atoms with Crippen LogP contribution in [0.15, 0.2) is 54.6 Å². The number of nitro groups is 1. The molecular weight excluding hydrogens is 332 g/mol. The van der Waals surface area contributed by atoms with Crippen molar-refractivity contribution in [2.75, 3.05) is 0 Å². The molecule has 0 atom stereocenters. The summed E-state index contributed by atoms with van der Waals surface area (Å²) in [7, 11) is 0. The smallest absolute Gasteiger partial charge is 0.276 e. The minimum atomic E-state index is -0.483. The molecule has 0 unspecified atom stereocenters. The van der Waals surface area contributed by atoms with Crippen molar-refractivity contribution < 1.29 is 9.72 Å². The van der Waals surface area contributed by atoms with Gasteiger partial charge in [0.25, 0.3) is 5.69 Å². The van der Waals surface area contributed by atoms with Crippen LogP contribution in [-0.2, 0) is 0 Å². The lowest BCUT2D eigenvalue weighted by Crippen LogP contribution is -2.02. The number of para-hydroxylation sites is 1. The van der Waals surface area contributed by atoms with E-state index < -0.39 is 4.92 Å². The van der Waals surface area contributed by atoms with Gasteiger partial charge < -0.3 is 0 Å². The Kier molecular flexibility index (Phi) is 4.70. The molecule has 0 aliphatic heterocycles. The number of benzene rings is 2. The first-order valence-corrected chi connectivity index (χ1v) is 7.92. The van der Waals surface area contributed by atoms with Crippen LogP contribution in [0.3, 0.4) is 0 Å². The van der Waals surface area contributed by atoms with Crippen molar-refractivity contribution in [1.29, 1.82) is 0 Å². The Morgan fingerprint density at radius 2 is 1.81 bits per heavy atom. The average molecular weight is 348 g/mol. The van der Waals surface area contributed by atoms with Crippen LogP contribution in [0.1, 0.15) is 27.3 Å². The summed E-state index contributed by atoms with van der Waals surface area (Å²) in [5.41, 5.74) is 3.04. The molecule has 0 fully saturated rings. The van der Waals surface area contributed by atoms with E-state index in [2.05, 4.69) is 10.3 Å². The molecule has 130 valence electrons. The molecular formula is C19H16N4O3. The van der Waals surface area contributed by atoms with Crippen LogP contribution in [0.5, 0.6) is 0 Å². The molecule has 0 radical (unpaired) electrons. The molecule has 3 rings (SSSR count). The second-order valence-corrected chi connectivity index (χ2v) is 5.78. The number of ketones is 1. The molecule has 7 nitrogen and oxygen atoms in total. The zero-order valence-electron chi connectivity index (χ0n) is 14.3. The number of aromatic nitrogens is 3. The van der Waals surface area contributed by atoms with Gasteiger partial charge in [0.05, 0.1) is 21.9 Å². The number of aryl methyl sites for hydroxylation is 1. The number of carbonyl (C=O) groups is 1. The fourth-order valence-electron chi connectivity index (χ4n) is 2.53. The van der Waals surface area contributed by atoms with Gasteiger partial charge in [0.2, 0.25) is 5.78 Å². The Morgan fingerprint density at radius 3 is 2.50 bits per heavy atom. The van der Waals surface area contributed by atoms with Crippen molar-refractivity contribution in [1.82, 2.24) is 15.0 Å². The minimum Gasteiger partial charge on any atom is -0.287 e. The topological polar surface area (TPSA) is 90.9 Å². The van der Waals surface area contributed by atoms with Crippen LogP contribution in [-0.4, -0.2) is 25.7 Å². The van der Waals surface area contributed by atoms with Crippen molar-refractivity contribution in [3.8, 4) is 5.69 Å². The highest BCUT2D eigenvalue weighted by Gasteiger charge is 2.16. The van der Waals surface area contributed by atoms with Crippen LogP contribution < -0.4 is 0 Å². The molecule has 1 heterocycles. The molecule has 3 aromatic rings. The summed E-state index contributed by atoms with van der Waals surface area (Å²) in [5, 5.41) is 19.0. The highest BCUT2D eigenvalue weighted by molar-refractivity contribution is 6.06. The molecule has 0 bridgehead atoms. The zero-order valence-corrected chi connectivity index (χ0v) is 14.3. The number of nitro benzene ring substituents is 1. The summed E-state index contributed by atoms with van der Waals surface area (Å²) in [5.74, 6) is -0.362. The number of rotatable bonds is 5. The Morgan fingerprint density at radius 1 is 1.12 bits per heavy atom. The summed E-state index contributed by atoms with van der Waals surface area (Å²) in [6.45, 7) is 3.74. The maximum absolute atomic E-state index is 12.4. The van der Waals surface area contributed by atoms with Gasteiger partial charge in [0.1, 0.15) is 0 Å². The average Bonchev–Trinajstić information content (AvgIpc) is 3.02. The van der Waals surface area contributed by atoms with E-state index in [0.29, 0.717) is 11.3 Å². The Bertz CT molecular complexity index is 1000. The van der Waals surface area contributed by atoms with Crippen molar-refractivity contribution in [2.45, 2.75) is 13.8 Å². The SMILES string of the molecule is Cc1ccc(-n2nnc(C(=O)C=Cc3ccccc3[N+](=O)[O-])c2C)cc1. The third-order valence-electron chi connectivity index (χ3n) is 3.95. The Hall–Kier alpha value is -3.61. The summed E-state index contributed by atoms with van der Waals surface area (Å²) < 4.78 is 1.59. The van der Waals surface area contributed by atoms with Gasteiger partial charge in [0.15, 0.2) is 5.69 Å². The number of hydrogen-bond donors (Lipinski definition) is 0. The van der Waals surface area contributed by atoms with Crippen molar-refractivity contribution in [2.24, 2.45) is 0 Å². The molecule has 1 aromatic heterocycles. The highest BCUT2D eigenvalue weighted by Crippen LogP contribution is 2.20. The monoisotopic (exact) mass is 348 g/mol. The minimum absolute atomic E-state index is 0.0587. The lowest BCUT2D eigenvalue weighted by molar-refractivity contribution is -0.385. The van der Waals surface area contributed by atoms with E-state index in [1.807, 2.05) is 31.2 Å². The number of hydrogen-bond acceptors (Lipinski definition) is 5. The molecule has 0 saturated carbocycles. The van der Waals surface area contributed by atoms with Gasteiger partial charge >= 0.3 is 0 Å². The van der Waals surface area contributed by atoms with Crippen molar-refractivity contribution >= 4 is 17.5 Å². The summed E-state index contributed by atoms with van der Waals surface area (Å²) in [4.78, 5) is 23.0. The van der Waals surface area contributed by atoms with Gasteiger partial charge in [-0.05, 0) is 44.2 Å². The second kappa shape index (κ2) is 7.10. The first kappa shape index (κ1) is 17.2. The van der Waals surface area contributed by atoms with E-state index in [4.69, 9.17) is 0 Å². The number of allylic oxidation sites excluding steroid dienone is 1. The molecule has 0 aliphatic carbocycles. The summed E-state index contributed by atoms with van der Waals surface area (Å²) in [6.07, 6.45) is 2.70. The quantitative estimate of drug-likeness (QED) is 0.303. The van der Waals surface area contributed by atoms with Gasteiger partial charge in [-0.3, -0.25) is 14.9 Å². The third kappa shape index (κ3) is 3.41. The highest BCUT2D eigenvalue weighted by atomic mass is 16.6. The predicted octanol–water partition coefficient (Wildman–Crippen LogP) is 3.69. The lowest BCUT2D eigenvalue weighted by atomic mass is 10.1. The van der Waals surface area contributed by atoms with Crippen molar-refractivity contribution in [3.63, 3.8) is 0 Å². The van der Waals surface area contributed by atoms with E-state index in [1.54, 1.807) is 29.8 Å². The molecule has 0 N–H and O–H groups in total. The second-order valence-electron chi connectivity index (χ2n) is 5.78.